The van der Waals surface area contributed by atoms with Gasteiger partial charge in [0.25, 0.3) is 5.91 Å². The number of halogens is 1. The summed E-state index contributed by atoms with van der Waals surface area (Å²) in [6.07, 6.45) is 0. The van der Waals surface area contributed by atoms with Crippen molar-refractivity contribution in [3.05, 3.63) is 76.1 Å². The molecule has 9 heteroatoms. The van der Waals surface area contributed by atoms with Crippen LogP contribution < -0.4 is 14.8 Å². The van der Waals surface area contributed by atoms with Gasteiger partial charge in [0.1, 0.15) is 5.54 Å². The molecule has 0 spiro atoms. The first-order valence-electron chi connectivity index (χ1n) is 10.7. The molecule has 3 aromatic rings. The minimum atomic E-state index is -1.32. The van der Waals surface area contributed by atoms with Gasteiger partial charge >= 0.3 is 6.03 Å². The Hall–Kier alpha value is -3.78. The van der Waals surface area contributed by atoms with Crippen molar-refractivity contribution in [2.24, 2.45) is 0 Å². The Kier molecular flexibility index (Phi) is 5.13. The largest absolute Gasteiger partial charge is 0.454 e. The van der Waals surface area contributed by atoms with E-state index in [1.54, 1.807) is 43.3 Å². The van der Waals surface area contributed by atoms with E-state index in [4.69, 9.17) is 21.1 Å². The van der Waals surface area contributed by atoms with Gasteiger partial charge in [0.2, 0.25) is 6.79 Å². The highest BCUT2D eigenvalue weighted by atomic mass is 35.5. The van der Waals surface area contributed by atoms with Gasteiger partial charge in [-0.1, -0.05) is 17.7 Å². The number of aromatic nitrogens is 1. The van der Waals surface area contributed by atoms with E-state index >= 15 is 0 Å². The van der Waals surface area contributed by atoms with Crippen molar-refractivity contribution in [3.8, 4) is 17.2 Å². The fourth-order valence-electron chi connectivity index (χ4n) is 4.51. The Bertz CT molecular complexity index is 1350. The van der Waals surface area contributed by atoms with Crippen LogP contribution in [0, 0.1) is 13.8 Å². The number of fused-ring (bicyclic) bond motifs is 1. The first kappa shape index (κ1) is 22.0. The third kappa shape index (κ3) is 3.42. The Labute approximate surface area is 201 Å². The highest BCUT2D eigenvalue weighted by Crippen LogP contribution is 2.38. The Morgan fingerprint density at radius 2 is 1.76 bits per heavy atom. The minimum Gasteiger partial charge on any atom is -0.454 e. The molecular weight excluding hydrogens is 458 g/mol. The van der Waals surface area contributed by atoms with Crippen LogP contribution in [0.15, 0.2) is 48.5 Å². The number of nitrogens with zero attached hydrogens (tertiary/aromatic N) is 2. The van der Waals surface area contributed by atoms with Crippen LogP contribution in [0.5, 0.6) is 11.5 Å². The van der Waals surface area contributed by atoms with Crippen LogP contribution in [0.25, 0.3) is 5.69 Å². The summed E-state index contributed by atoms with van der Waals surface area (Å²) < 4.78 is 12.7. The minimum absolute atomic E-state index is 0.102. The summed E-state index contributed by atoms with van der Waals surface area (Å²) in [6, 6.07) is 13.5. The van der Waals surface area contributed by atoms with Gasteiger partial charge in [-0.3, -0.25) is 14.5 Å². The van der Waals surface area contributed by atoms with Crippen molar-refractivity contribution < 1.29 is 23.9 Å². The normalized spacial score (nSPS) is 19.0. The molecule has 3 heterocycles. The average molecular weight is 480 g/mol. The molecule has 174 valence electrons. The van der Waals surface area contributed by atoms with E-state index in [0.29, 0.717) is 27.6 Å². The summed E-state index contributed by atoms with van der Waals surface area (Å²) in [7, 11) is 0. The summed E-state index contributed by atoms with van der Waals surface area (Å²) in [5, 5.41) is 3.35. The van der Waals surface area contributed by atoms with Gasteiger partial charge < -0.3 is 19.4 Å². The topological polar surface area (TPSA) is 89.9 Å². The van der Waals surface area contributed by atoms with E-state index in [1.807, 2.05) is 30.5 Å². The number of ether oxygens (including phenoxy) is 2. The van der Waals surface area contributed by atoms with Gasteiger partial charge in [0.15, 0.2) is 17.3 Å². The maximum Gasteiger partial charge on any atom is 0.325 e. The number of urea groups is 1. The number of carbonyl (C=O) groups excluding carboxylic acids is 3. The second kappa shape index (κ2) is 7.92. The average Bonchev–Trinajstić information content (AvgIpc) is 3.46. The lowest BCUT2D eigenvalue weighted by Gasteiger charge is -2.22. The second-order valence-electron chi connectivity index (χ2n) is 8.53. The molecule has 0 aliphatic carbocycles. The van der Waals surface area contributed by atoms with Crippen molar-refractivity contribution in [1.29, 1.82) is 0 Å². The van der Waals surface area contributed by atoms with Crippen LogP contribution in [0.2, 0.25) is 5.02 Å². The smallest absolute Gasteiger partial charge is 0.325 e. The van der Waals surface area contributed by atoms with Gasteiger partial charge in [-0.15, -0.1) is 0 Å². The summed E-state index contributed by atoms with van der Waals surface area (Å²) in [5.74, 6) is 0.250. The fraction of sp³-hybridized carbons (Fsp3) is 0.240. The molecule has 2 aliphatic heterocycles. The molecule has 3 amide bonds. The van der Waals surface area contributed by atoms with Crippen LogP contribution in [0.4, 0.5) is 4.79 Å². The molecule has 0 bridgehead atoms. The summed E-state index contributed by atoms with van der Waals surface area (Å²) >= 11 is 6.00. The van der Waals surface area contributed by atoms with Crippen molar-refractivity contribution in [3.63, 3.8) is 0 Å². The molecule has 8 nitrogen and oxygen atoms in total. The van der Waals surface area contributed by atoms with Crippen molar-refractivity contribution >= 4 is 29.3 Å². The van der Waals surface area contributed by atoms with Crippen molar-refractivity contribution in [2.75, 3.05) is 13.3 Å². The zero-order chi connectivity index (χ0) is 24.2. The van der Waals surface area contributed by atoms with E-state index in [9.17, 15) is 14.4 Å². The highest BCUT2D eigenvalue weighted by molar-refractivity contribution is 6.30. The van der Waals surface area contributed by atoms with Crippen LogP contribution in [-0.4, -0.2) is 40.5 Å². The molecule has 0 saturated carbocycles. The van der Waals surface area contributed by atoms with Crippen LogP contribution in [0.1, 0.15) is 34.2 Å². The number of aryl methyl sites for hydroxylation is 1. The number of Topliss-reactive ketones (excluding diaryl/α,β-unsaturated/α-hetero) is 1. The molecule has 1 fully saturated rings. The monoisotopic (exact) mass is 479 g/mol. The summed E-state index contributed by atoms with van der Waals surface area (Å²) in [6.45, 7) is 5.07. The molecular formula is C25H22ClN3O5. The second-order valence-corrected chi connectivity index (χ2v) is 8.97. The number of carbonyl (C=O) groups is 3. The Morgan fingerprint density at radius 1 is 1.06 bits per heavy atom. The highest BCUT2D eigenvalue weighted by Gasteiger charge is 2.50. The number of ketones is 1. The van der Waals surface area contributed by atoms with E-state index in [-0.39, 0.29) is 19.1 Å². The number of amides is 3. The molecule has 2 aromatic carbocycles. The van der Waals surface area contributed by atoms with Gasteiger partial charge in [-0.25, -0.2) is 4.79 Å². The molecule has 1 atom stereocenters. The molecule has 34 heavy (non-hydrogen) atoms. The molecule has 1 aromatic heterocycles. The third-order valence-corrected chi connectivity index (χ3v) is 6.59. The molecule has 5 rings (SSSR count). The zero-order valence-corrected chi connectivity index (χ0v) is 19.6. The Morgan fingerprint density at radius 3 is 2.50 bits per heavy atom. The molecule has 1 N–H and O–H groups in total. The van der Waals surface area contributed by atoms with Crippen LogP contribution in [-0.2, 0) is 10.3 Å². The van der Waals surface area contributed by atoms with E-state index in [2.05, 4.69) is 5.32 Å². The summed E-state index contributed by atoms with van der Waals surface area (Å²) in [4.78, 5) is 40.2. The number of hydrogen-bond acceptors (Lipinski definition) is 5. The fourth-order valence-corrected chi connectivity index (χ4v) is 4.63. The number of rotatable bonds is 5. The summed E-state index contributed by atoms with van der Waals surface area (Å²) in [5.41, 5.74) is 2.11. The van der Waals surface area contributed by atoms with Gasteiger partial charge in [-0.2, -0.15) is 0 Å². The number of benzene rings is 2. The first-order valence-corrected chi connectivity index (χ1v) is 11.1. The lowest BCUT2D eigenvalue weighted by atomic mass is 9.91. The van der Waals surface area contributed by atoms with Crippen LogP contribution >= 0.6 is 11.6 Å². The van der Waals surface area contributed by atoms with Gasteiger partial charge in [0, 0.05) is 27.7 Å². The van der Waals surface area contributed by atoms with E-state index in [1.165, 1.54) is 0 Å². The van der Waals surface area contributed by atoms with E-state index in [0.717, 1.165) is 22.0 Å². The van der Waals surface area contributed by atoms with Gasteiger partial charge in [-0.05, 0) is 68.8 Å². The third-order valence-electron chi connectivity index (χ3n) is 6.34. The van der Waals surface area contributed by atoms with Crippen molar-refractivity contribution in [1.82, 2.24) is 14.8 Å². The molecule has 0 radical (unpaired) electrons. The molecule has 1 saturated heterocycles. The standard InChI is InChI=1S/C25H22ClN3O5/c1-14-10-19(15(2)29(14)18-7-5-17(26)6-8-18)20(30)12-28-23(31)25(3,27-24(28)32)16-4-9-21-22(11-16)34-13-33-21/h4-11H,12-13H2,1-3H3,(H,27,32)/t25-/m0/s1. The molecule has 0 unspecified atom stereocenters. The number of hydrogen-bond donors (Lipinski definition) is 1. The SMILES string of the molecule is Cc1cc(C(=O)CN2C(=O)N[C@@](C)(c3ccc4c(c3)OCO4)C2=O)c(C)n1-c1ccc(Cl)cc1. The van der Waals surface area contributed by atoms with Gasteiger partial charge in [0.05, 0.1) is 6.54 Å². The number of imide groups is 1. The quantitative estimate of drug-likeness (QED) is 0.439. The predicted molar refractivity (Wildman–Crippen MR) is 125 cm³/mol. The Balaban J connectivity index is 1.40. The maximum absolute atomic E-state index is 13.3. The number of nitrogens with one attached hydrogen (secondary N) is 1. The lowest BCUT2D eigenvalue weighted by Crippen LogP contribution is -2.41. The van der Waals surface area contributed by atoms with Crippen LogP contribution in [0.3, 0.4) is 0 Å². The van der Waals surface area contributed by atoms with Crippen molar-refractivity contribution in [2.45, 2.75) is 26.3 Å². The lowest BCUT2D eigenvalue weighted by molar-refractivity contribution is -0.130. The maximum atomic E-state index is 13.3. The first-order chi connectivity index (χ1) is 16.2. The van der Waals surface area contributed by atoms with E-state index < -0.39 is 17.5 Å². The predicted octanol–water partition coefficient (Wildman–Crippen LogP) is 4.13. The molecule has 2 aliphatic rings. The zero-order valence-electron chi connectivity index (χ0n) is 18.8.